The number of halogens is 2. The zero-order chi connectivity index (χ0) is 19.8. The Morgan fingerprint density at radius 2 is 2.11 bits per heavy atom. The Bertz CT molecular complexity index is 608. The lowest BCUT2D eigenvalue weighted by Crippen LogP contribution is -2.50. The number of aliphatic imine (C=N–C) groups is 1. The molecule has 2 heterocycles. The van der Waals surface area contributed by atoms with Crippen molar-refractivity contribution in [3.8, 4) is 0 Å². The molecule has 8 heteroatoms. The lowest BCUT2D eigenvalue weighted by Gasteiger charge is -2.32. The van der Waals surface area contributed by atoms with Crippen molar-refractivity contribution in [3.63, 3.8) is 0 Å². The van der Waals surface area contributed by atoms with Crippen molar-refractivity contribution in [2.24, 2.45) is 10.9 Å². The topological polar surface area (TPSA) is 55.8 Å². The smallest absolute Gasteiger partial charge is 0.191 e. The van der Waals surface area contributed by atoms with Gasteiger partial charge in [0.1, 0.15) is 0 Å². The van der Waals surface area contributed by atoms with E-state index in [4.69, 9.17) is 0 Å². The SMILES string of the molecule is CCC(CC)C(CNC(=NC)NC1CCN(c2ncccc2F)C1)N(C)C.I. The quantitative estimate of drug-likeness (QED) is 0.323. The van der Waals surface area contributed by atoms with Crippen molar-refractivity contribution < 1.29 is 4.39 Å². The van der Waals surface area contributed by atoms with Gasteiger partial charge in [-0.1, -0.05) is 26.7 Å². The second-order valence-corrected chi connectivity index (χ2v) is 7.45. The number of rotatable bonds is 8. The summed E-state index contributed by atoms with van der Waals surface area (Å²) in [6.07, 6.45) is 4.90. The van der Waals surface area contributed by atoms with Gasteiger partial charge in [0.25, 0.3) is 0 Å². The van der Waals surface area contributed by atoms with Gasteiger partial charge in [0, 0.05) is 45.0 Å². The molecule has 0 amide bonds. The van der Waals surface area contributed by atoms with Gasteiger partial charge in [0.05, 0.1) is 0 Å². The fourth-order valence-corrected chi connectivity index (χ4v) is 3.87. The number of hydrogen-bond acceptors (Lipinski definition) is 4. The van der Waals surface area contributed by atoms with Crippen molar-refractivity contribution in [3.05, 3.63) is 24.1 Å². The number of anilines is 1. The lowest BCUT2D eigenvalue weighted by molar-refractivity contribution is 0.200. The van der Waals surface area contributed by atoms with Gasteiger partial charge in [0.2, 0.25) is 0 Å². The minimum Gasteiger partial charge on any atom is -0.355 e. The van der Waals surface area contributed by atoms with Crippen molar-refractivity contribution in [2.75, 3.05) is 45.7 Å². The molecule has 28 heavy (non-hydrogen) atoms. The molecule has 0 spiro atoms. The van der Waals surface area contributed by atoms with Gasteiger partial charge in [-0.05, 0) is 38.6 Å². The summed E-state index contributed by atoms with van der Waals surface area (Å²) in [5, 5.41) is 6.96. The van der Waals surface area contributed by atoms with E-state index in [1.165, 1.54) is 18.9 Å². The summed E-state index contributed by atoms with van der Waals surface area (Å²) >= 11 is 0. The van der Waals surface area contributed by atoms with Crippen molar-refractivity contribution in [2.45, 2.75) is 45.2 Å². The maximum Gasteiger partial charge on any atom is 0.191 e. The maximum absolute atomic E-state index is 14.0. The maximum atomic E-state index is 14.0. The first-order valence-electron chi connectivity index (χ1n) is 9.99. The van der Waals surface area contributed by atoms with Crippen LogP contribution in [0.15, 0.2) is 23.3 Å². The predicted molar refractivity (Wildman–Crippen MR) is 126 cm³/mol. The van der Waals surface area contributed by atoms with Crippen LogP contribution < -0.4 is 15.5 Å². The molecule has 1 aliphatic heterocycles. The van der Waals surface area contributed by atoms with E-state index in [0.717, 1.165) is 32.0 Å². The number of pyridine rings is 1. The summed E-state index contributed by atoms with van der Waals surface area (Å²) in [6.45, 7) is 6.86. The summed E-state index contributed by atoms with van der Waals surface area (Å²) < 4.78 is 14.0. The number of likely N-dealkylation sites (N-methyl/N-ethyl adjacent to an activating group) is 1. The lowest BCUT2D eigenvalue weighted by atomic mass is 9.93. The molecule has 0 aliphatic carbocycles. The average Bonchev–Trinajstić information content (AvgIpc) is 3.12. The molecule has 1 aliphatic rings. The molecule has 0 aromatic carbocycles. The first-order valence-corrected chi connectivity index (χ1v) is 9.99. The van der Waals surface area contributed by atoms with E-state index in [0.29, 0.717) is 17.8 Å². The Kier molecular flexibility index (Phi) is 11.0. The van der Waals surface area contributed by atoms with Crippen LogP contribution in [0.3, 0.4) is 0 Å². The molecule has 0 radical (unpaired) electrons. The minimum absolute atomic E-state index is 0. The third-order valence-corrected chi connectivity index (χ3v) is 5.53. The Hall–Kier alpha value is -1.16. The van der Waals surface area contributed by atoms with E-state index in [-0.39, 0.29) is 35.8 Å². The normalized spacial score (nSPS) is 18.4. The Balaban J connectivity index is 0.00000392. The fraction of sp³-hybridized carbons (Fsp3) is 0.700. The summed E-state index contributed by atoms with van der Waals surface area (Å²) in [7, 11) is 6.07. The highest BCUT2D eigenvalue weighted by atomic mass is 127. The zero-order valence-corrected chi connectivity index (χ0v) is 20.1. The van der Waals surface area contributed by atoms with E-state index in [9.17, 15) is 4.39 Å². The largest absolute Gasteiger partial charge is 0.355 e. The van der Waals surface area contributed by atoms with Gasteiger partial charge < -0.3 is 20.4 Å². The molecule has 1 aromatic rings. The summed E-state index contributed by atoms with van der Waals surface area (Å²) in [4.78, 5) is 12.8. The summed E-state index contributed by atoms with van der Waals surface area (Å²) in [5.41, 5.74) is 0. The Morgan fingerprint density at radius 3 is 2.68 bits per heavy atom. The van der Waals surface area contributed by atoms with Gasteiger partial charge in [-0.25, -0.2) is 9.37 Å². The van der Waals surface area contributed by atoms with Crippen LogP contribution in [0.5, 0.6) is 0 Å². The summed E-state index contributed by atoms with van der Waals surface area (Å²) in [5.74, 6) is 1.63. The standard InChI is InChI=1S/C20H35FN6.HI/c1-6-15(7-2)18(26(4)5)13-24-20(22-3)25-16-10-12-27(14-16)19-17(21)9-8-11-23-19;/h8-9,11,15-16,18H,6-7,10,12-14H2,1-5H3,(H2,22,24,25);1H. The van der Waals surface area contributed by atoms with E-state index < -0.39 is 0 Å². The van der Waals surface area contributed by atoms with E-state index in [2.05, 4.69) is 53.5 Å². The highest BCUT2D eigenvalue weighted by Gasteiger charge is 2.26. The zero-order valence-electron chi connectivity index (χ0n) is 17.8. The van der Waals surface area contributed by atoms with Gasteiger partial charge >= 0.3 is 0 Å². The predicted octanol–water partition coefficient (Wildman–Crippen LogP) is 2.95. The molecule has 2 unspecified atom stereocenters. The monoisotopic (exact) mass is 506 g/mol. The molecule has 2 rings (SSSR count). The highest BCUT2D eigenvalue weighted by molar-refractivity contribution is 14.0. The van der Waals surface area contributed by atoms with Crippen LogP contribution in [0.4, 0.5) is 10.2 Å². The molecule has 160 valence electrons. The fourth-order valence-electron chi connectivity index (χ4n) is 3.87. The second kappa shape index (κ2) is 12.4. The van der Waals surface area contributed by atoms with Crippen LogP contribution in [0.1, 0.15) is 33.1 Å². The number of guanidine groups is 1. The van der Waals surface area contributed by atoms with Crippen molar-refractivity contribution >= 4 is 35.8 Å². The molecule has 2 atom stereocenters. The molecule has 2 N–H and O–H groups in total. The minimum atomic E-state index is -0.264. The van der Waals surface area contributed by atoms with Crippen LogP contribution in [-0.2, 0) is 0 Å². The van der Waals surface area contributed by atoms with Gasteiger partial charge in [-0.2, -0.15) is 0 Å². The van der Waals surface area contributed by atoms with Crippen LogP contribution in [0, 0.1) is 11.7 Å². The van der Waals surface area contributed by atoms with Crippen molar-refractivity contribution in [1.82, 2.24) is 20.5 Å². The van der Waals surface area contributed by atoms with Gasteiger partial charge in [0.15, 0.2) is 17.6 Å². The van der Waals surface area contributed by atoms with E-state index in [1.807, 2.05) is 4.90 Å². The van der Waals surface area contributed by atoms with Crippen molar-refractivity contribution in [1.29, 1.82) is 0 Å². The van der Waals surface area contributed by atoms with Crippen LogP contribution >= 0.6 is 24.0 Å². The first kappa shape index (κ1) is 24.9. The van der Waals surface area contributed by atoms with Crippen LogP contribution in [0.25, 0.3) is 0 Å². The number of aromatic nitrogens is 1. The first-order chi connectivity index (χ1) is 13.0. The second-order valence-electron chi connectivity index (χ2n) is 7.45. The molecule has 0 saturated carbocycles. The van der Waals surface area contributed by atoms with Crippen LogP contribution in [0.2, 0.25) is 0 Å². The molecule has 1 fully saturated rings. The molecular formula is C20H36FIN6. The molecule has 1 saturated heterocycles. The number of nitrogens with one attached hydrogen (secondary N) is 2. The highest BCUT2D eigenvalue weighted by Crippen LogP contribution is 2.21. The van der Waals surface area contributed by atoms with E-state index >= 15 is 0 Å². The molecule has 1 aromatic heterocycles. The number of nitrogens with zero attached hydrogens (tertiary/aromatic N) is 4. The summed E-state index contributed by atoms with van der Waals surface area (Å²) in [6, 6.07) is 3.77. The van der Waals surface area contributed by atoms with Crippen LogP contribution in [-0.4, -0.2) is 68.7 Å². The Labute approximate surface area is 186 Å². The Morgan fingerprint density at radius 1 is 1.39 bits per heavy atom. The third-order valence-electron chi connectivity index (χ3n) is 5.53. The number of hydrogen-bond donors (Lipinski definition) is 2. The van der Waals surface area contributed by atoms with E-state index in [1.54, 1.807) is 19.3 Å². The molecule has 6 nitrogen and oxygen atoms in total. The molecular weight excluding hydrogens is 470 g/mol. The average molecular weight is 506 g/mol. The third kappa shape index (κ3) is 6.72. The molecule has 0 bridgehead atoms. The van der Waals surface area contributed by atoms with Gasteiger partial charge in [-0.3, -0.25) is 4.99 Å². The van der Waals surface area contributed by atoms with Gasteiger partial charge in [-0.15, -0.1) is 24.0 Å².